The summed E-state index contributed by atoms with van der Waals surface area (Å²) in [5.74, 6) is 0.906. The molecule has 1 saturated heterocycles. The normalized spacial score (nSPS) is 18.9. The predicted octanol–water partition coefficient (Wildman–Crippen LogP) is 2.46. The number of hydrogen-bond donors (Lipinski definition) is 2. The Morgan fingerprint density at radius 3 is 2.65 bits per heavy atom. The Morgan fingerprint density at radius 1 is 1.29 bits per heavy atom. The molecule has 0 aromatic carbocycles. The van der Waals surface area contributed by atoms with Crippen LogP contribution in [-0.2, 0) is 4.79 Å². The first-order valence-electron chi connectivity index (χ1n) is 7.24. The highest BCUT2D eigenvalue weighted by atomic mass is 16.1. The zero-order valence-electron chi connectivity index (χ0n) is 11.4. The Bertz CT molecular complexity index is 212. The van der Waals surface area contributed by atoms with E-state index in [4.69, 9.17) is 0 Å². The molecular weight excluding hydrogens is 212 g/mol. The van der Waals surface area contributed by atoms with Crippen LogP contribution in [0.1, 0.15) is 58.8 Å². The molecule has 1 heterocycles. The number of piperidine rings is 1. The Hall–Kier alpha value is -0.570. The van der Waals surface area contributed by atoms with Gasteiger partial charge < -0.3 is 10.6 Å². The summed E-state index contributed by atoms with van der Waals surface area (Å²) in [7, 11) is 0. The summed E-state index contributed by atoms with van der Waals surface area (Å²) in [4.78, 5) is 11.7. The molecule has 0 spiro atoms. The molecule has 0 aromatic heterocycles. The van der Waals surface area contributed by atoms with E-state index in [0.717, 1.165) is 19.5 Å². The highest BCUT2D eigenvalue weighted by molar-refractivity contribution is 5.76. The molecule has 1 unspecified atom stereocenters. The fourth-order valence-electron chi connectivity index (χ4n) is 2.50. The van der Waals surface area contributed by atoms with Crippen LogP contribution in [0.2, 0.25) is 0 Å². The molecule has 0 aliphatic carbocycles. The second kappa shape index (κ2) is 8.51. The van der Waals surface area contributed by atoms with Crippen LogP contribution in [0, 0.1) is 5.92 Å². The Morgan fingerprint density at radius 2 is 2.00 bits per heavy atom. The van der Waals surface area contributed by atoms with Gasteiger partial charge in [0.25, 0.3) is 0 Å². The molecule has 1 fully saturated rings. The number of nitrogens with one attached hydrogen (secondary N) is 2. The van der Waals surface area contributed by atoms with Crippen molar-refractivity contribution in [2.24, 2.45) is 5.92 Å². The van der Waals surface area contributed by atoms with Crippen LogP contribution in [-0.4, -0.2) is 25.0 Å². The standard InChI is InChI=1S/C14H28N2O/c1-3-4-5-6-7-14(17)16-12(2)13-8-10-15-11-9-13/h12-13,15H,3-11H2,1-2H3,(H,16,17). The number of unbranched alkanes of at least 4 members (excludes halogenated alkanes) is 3. The number of carbonyl (C=O) groups excluding carboxylic acids is 1. The lowest BCUT2D eigenvalue weighted by Crippen LogP contribution is -2.42. The summed E-state index contributed by atoms with van der Waals surface area (Å²) in [6.07, 6.45) is 7.79. The van der Waals surface area contributed by atoms with Crippen molar-refractivity contribution in [1.29, 1.82) is 0 Å². The second-order valence-corrected chi connectivity index (χ2v) is 5.25. The molecule has 1 atom stereocenters. The second-order valence-electron chi connectivity index (χ2n) is 5.25. The maximum atomic E-state index is 11.7. The summed E-state index contributed by atoms with van der Waals surface area (Å²) >= 11 is 0. The molecule has 0 aromatic rings. The van der Waals surface area contributed by atoms with Gasteiger partial charge >= 0.3 is 0 Å². The van der Waals surface area contributed by atoms with Crippen molar-refractivity contribution in [1.82, 2.24) is 10.6 Å². The van der Waals surface area contributed by atoms with Crippen LogP contribution in [0.25, 0.3) is 0 Å². The van der Waals surface area contributed by atoms with Crippen molar-refractivity contribution in [2.45, 2.75) is 64.8 Å². The van der Waals surface area contributed by atoms with Crippen molar-refractivity contribution in [3.63, 3.8) is 0 Å². The lowest BCUT2D eigenvalue weighted by atomic mass is 9.91. The smallest absolute Gasteiger partial charge is 0.220 e. The van der Waals surface area contributed by atoms with Crippen LogP contribution in [0.5, 0.6) is 0 Å². The number of amides is 1. The van der Waals surface area contributed by atoms with E-state index in [2.05, 4.69) is 24.5 Å². The summed E-state index contributed by atoms with van der Waals surface area (Å²) in [5.41, 5.74) is 0. The largest absolute Gasteiger partial charge is 0.353 e. The van der Waals surface area contributed by atoms with E-state index in [1.165, 1.54) is 32.1 Å². The van der Waals surface area contributed by atoms with E-state index in [1.54, 1.807) is 0 Å². The maximum absolute atomic E-state index is 11.7. The van der Waals surface area contributed by atoms with E-state index in [-0.39, 0.29) is 5.91 Å². The molecule has 100 valence electrons. The summed E-state index contributed by atoms with van der Waals surface area (Å²) in [5, 5.41) is 6.52. The van der Waals surface area contributed by atoms with Gasteiger partial charge in [-0.1, -0.05) is 26.2 Å². The van der Waals surface area contributed by atoms with Crippen molar-refractivity contribution in [3.05, 3.63) is 0 Å². The maximum Gasteiger partial charge on any atom is 0.220 e. The quantitative estimate of drug-likeness (QED) is 0.671. The minimum atomic E-state index is 0.243. The van der Waals surface area contributed by atoms with Gasteiger partial charge in [0.2, 0.25) is 5.91 Å². The lowest BCUT2D eigenvalue weighted by molar-refractivity contribution is -0.122. The highest BCUT2D eigenvalue weighted by Crippen LogP contribution is 2.16. The van der Waals surface area contributed by atoms with E-state index in [1.807, 2.05) is 0 Å². The summed E-state index contributed by atoms with van der Waals surface area (Å²) < 4.78 is 0. The molecule has 1 aliphatic heterocycles. The van der Waals surface area contributed by atoms with Gasteiger partial charge in [-0.2, -0.15) is 0 Å². The van der Waals surface area contributed by atoms with Crippen LogP contribution in [0.4, 0.5) is 0 Å². The monoisotopic (exact) mass is 240 g/mol. The molecule has 0 bridgehead atoms. The Kier molecular flexibility index (Phi) is 7.25. The van der Waals surface area contributed by atoms with Crippen molar-refractivity contribution in [2.75, 3.05) is 13.1 Å². The Labute approximate surface area is 106 Å². The first kappa shape index (κ1) is 14.5. The van der Waals surface area contributed by atoms with Crippen LogP contribution in [0.15, 0.2) is 0 Å². The molecular formula is C14H28N2O. The first-order chi connectivity index (χ1) is 8.24. The third-order valence-corrected chi connectivity index (χ3v) is 3.74. The third kappa shape index (κ3) is 6.06. The van der Waals surface area contributed by atoms with Crippen molar-refractivity contribution in [3.8, 4) is 0 Å². The molecule has 1 rings (SSSR count). The zero-order chi connectivity index (χ0) is 12.5. The number of carbonyl (C=O) groups is 1. The molecule has 17 heavy (non-hydrogen) atoms. The Balaban J connectivity index is 2.11. The topological polar surface area (TPSA) is 41.1 Å². The van der Waals surface area contributed by atoms with E-state index >= 15 is 0 Å². The summed E-state index contributed by atoms with van der Waals surface area (Å²) in [6, 6.07) is 0.343. The zero-order valence-corrected chi connectivity index (χ0v) is 11.4. The molecule has 3 heteroatoms. The van der Waals surface area contributed by atoms with E-state index < -0.39 is 0 Å². The van der Waals surface area contributed by atoms with Gasteiger partial charge in [-0.15, -0.1) is 0 Å². The predicted molar refractivity (Wildman–Crippen MR) is 72.0 cm³/mol. The minimum Gasteiger partial charge on any atom is -0.353 e. The van der Waals surface area contributed by atoms with Gasteiger partial charge in [-0.05, 0) is 45.2 Å². The average molecular weight is 240 g/mol. The van der Waals surface area contributed by atoms with Crippen molar-refractivity contribution >= 4 is 5.91 Å². The molecule has 2 N–H and O–H groups in total. The summed E-state index contributed by atoms with van der Waals surface area (Å²) in [6.45, 7) is 6.54. The van der Waals surface area contributed by atoms with Gasteiger partial charge in [-0.3, -0.25) is 4.79 Å². The minimum absolute atomic E-state index is 0.243. The first-order valence-corrected chi connectivity index (χ1v) is 7.24. The van der Waals surface area contributed by atoms with Gasteiger partial charge in [0.1, 0.15) is 0 Å². The SMILES string of the molecule is CCCCCCC(=O)NC(C)C1CCNCC1. The van der Waals surface area contributed by atoms with Crippen LogP contribution in [0.3, 0.4) is 0 Å². The number of rotatable bonds is 7. The molecule has 0 saturated carbocycles. The number of hydrogen-bond acceptors (Lipinski definition) is 2. The van der Waals surface area contributed by atoms with Gasteiger partial charge in [0.15, 0.2) is 0 Å². The fourth-order valence-corrected chi connectivity index (χ4v) is 2.50. The van der Waals surface area contributed by atoms with E-state index in [0.29, 0.717) is 18.4 Å². The molecule has 1 aliphatic rings. The van der Waals surface area contributed by atoms with Crippen molar-refractivity contribution < 1.29 is 4.79 Å². The molecule has 1 amide bonds. The van der Waals surface area contributed by atoms with Gasteiger partial charge in [0, 0.05) is 12.5 Å². The third-order valence-electron chi connectivity index (χ3n) is 3.74. The van der Waals surface area contributed by atoms with Crippen LogP contribution >= 0.6 is 0 Å². The fraction of sp³-hybridized carbons (Fsp3) is 0.929. The lowest BCUT2D eigenvalue weighted by Gasteiger charge is -2.28. The van der Waals surface area contributed by atoms with Gasteiger partial charge in [0.05, 0.1) is 0 Å². The average Bonchev–Trinajstić information content (AvgIpc) is 2.36. The highest BCUT2D eigenvalue weighted by Gasteiger charge is 2.20. The van der Waals surface area contributed by atoms with Crippen LogP contribution < -0.4 is 10.6 Å². The van der Waals surface area contributed by atoms with Gasteiger partial charge in [-0.25, -0.2) is 0 Å². The molecule has 0 radical (unpaired) electrons. The molecule has 3 nitrogen and oxygen atoms in total. The van der Waals surface area contributed by atoms with E-state index in [9.17, 15) is 4.79 Å².